The van der Waals surface area contributed by atoms with Gasteiger partial charge >= 0.3 is 0 Å². The van der Waals surface area contributed by atoms with E-state index < -0.39 is 0 Å². The Bertz CT molecular complexity index is 565. The Morgan fingerprint density at radius 2 is 2.10 bits per heavy atom. The van der Waals surface area contributed by atoms with E-state index in [1.165, 1.54) is 12.8 Å². The minimum atomic E-state index is 0.173. The second-order valence-corrected chi connectivity index (χ2v) is 5.74. The number of hydrogen-bond donors (Lipinski definition) is 1. The first-order valence-electron chi connectivity index (χ1n) is 7.58. The molecule has 1 aliphatic heterocycles. The Morgan fingerprint density at radius 3 is 2.86 bits per heavy atom. The predicted octanol–water partition coefficient (Wildman–Crippen LogP) is 1.36. The van der Waals surface area contributed by atoms with Gasteiger partial charge in [0.2, 0.25) is 0 Å². The molecule has 6 nitrogen and oxygen atoms in total. The number of hydrogen-bond acceptors (Lipinski definition) is 5. The summed E-state index contributed by atoms with van der Waals surface area (Å²) in [4.78, 5) is 2.42. The number of nitrogens with two attached hydrogens (primary N) is 1. The molecule has 3 rings (SSSR count). The first-order chi connectivity index (χ1) is 10.3. The average Bonchev–Trinajstić information content (AvgIpc) is 2.96. The summed E-state index contributed by atoms with van der Waals surface area (Å²) in [5, 5.41) is 12.2. The highest BCUT2D eigenvalue weighted by atomic mass is 15.5. The van der Waals surface area contributed by atoms with Crippen LogP contribution < -0.4 is 5.73 Å². The summed E-state index contributed by atoms with van der Waals surface area (Å²) >= 11 is 0. The lowest BCUT2D eigenvalue weighted by atomic mass is 9.97. The molecule has 1 aliphatic rings. The summed E-state index contributed by atoms with van der Waals surface area (Å²) in [6.07, 6.45) is 3.63. The van der Waals surface area contributed by atoms with Crippen molar-refractivity contribution in [3.8, 4) is 5.69 Å². The smallest absolute Gasteiger partial charge is 0.170 e. The van der Waals surface area contributed by atoms with E-state index in [-0.39, 0.29) is 6.04 Å². The van der Waals surface area contributed by atoms with Crippen molar-refractivity contribution in [2.24, 2.45) is 5.73 Å². The summed E-state index contributed by atoms with van der Waals surface area (Å²) in [5.41, 5.74) is 7.13. The number of likely N-dealkylation sites (tertiary alicyclic amines) is 1. The van der Waals surface area contributed by atoms with Crippen LogP contribution in [0.2, 0.25) is 0 Å². The third-order valence-corrected chi connectivity index (χ3v) is 4.15. The maximum Gasteiger partial charge on any atom is 0.170 e. The van der Waals surface area contributed by atoms with Crippen LogP contribution in [0.3, 0.4) is 0 Å². The molecule has 6 heteroatoms. The molecule has 2 aromatic rings. The van der Waals surface area contributed by atoms with E-state index in [0.717, 1.165) is 31.0 Å². The van der Waals surface area contributed by atoms with Crippen LogP contribution in [0.15, 0.2) is 30.3 Å². The van der Waals surface area contributed by atoms with Gasteiger partial charge in [-0.15, -0.1) is 5.10 Å². The number of tetrazole rings is 1. The number of para-hydroxylation sites is 1. The van der Waals surface area contributed by atoms with E-state index in [2.05, 4.69) is 27.3 Å². The summed E-state index contributed by atoms with van der Waals surface area (Å²) in [6.45, 7) is 3.89. The molecule has 2 heterocycles. The van der Waals surface area contributed by atoms with Crippen molar-refractivity contribution in [2.75, 3.05) is 6.54 Å². The van der Waals surface area contributed by atoms with Crippen LogP contribution in [0.4, 0.5) is 0 Å². The van der Waals surface area contributed by atoms with Crippen molar-refractivity contribution in [1.82, 2.24) is 25.1 Å². The SMILES string of the molecule is CC(N)C1CCCCN1Cc1nnnn1-c1ccccc1. The zero-order valence-electron chi connectivity index (χ0n) is 12.4. The van der Waals surface area contributed by atoms with Gasteiger partial charge in [-0.3, -0.25) is 4.90 Å². The normalized spacial score (nSPS) is 21.3. The molecule has 0 radical (unpaired) electrons. The van der Waals surface area contributed by atoms with Gasteiger partial charge in [0, 0.05) is 12.1 Å². The summed E-state index contributed by atoms with van der Waals surface area (Å²) < 4.78 is 1.81. The van der Waals surface area contributed by atoms with E-state index in [1.54, 1.807) is 0 Å². The maximum atomic E-state index is 6.14. The van der Waals surface area contributed by atoms with Crippen molar-refractivity contribution in [2.45, 2.75) is 44.8 Å². The quantitative estimate of drug-likeness (QED) is 0.919. The molecule has 112 valence electrons. The largest absolute Gasteiger partial charge is 0.327 e. The van der Waals surface area contributed by atoms with Crippen molar-refractivity contribution in [3.63, 3.8) is 0 Å². The van der Waals surface area contributed by atoms with Crippen LogP contribution in [0.1, 0.15) is 32.0 Å². The summed E-state index contributed by atoms with van der Waals surface area (Å²) in [6, 6.07) is 10.6. The third kappa shape index (κ3) is 3.11. The Kier molecular flexibility index (Phi) is 4.26. The van der Waals surface area contributed by atoms with Crippen LogP contribution in [-0.4, -0.2) is 43.7 Å². The van der Waals surface area contributed by atoms with Crippen molar-refractivity contribution >= 4 is 0 Å². The number of benzene rings is 1. The molecule has 1 saturated heterocycles. The van der Waals surface area contributed by atoms with Gasteiger partial charge in [0.15, 0.2) is 5.82 Å². The predicted molar refractivity (Wildman–Crippen MR) is 80.9 cm³/mol. The fourth-order valence-electron chi connectivity index (χ4n) is 3.06. The molecule has 1 aromatic heterocycles. The molecule has 0 bridgehead atoms. The monoisotopic (exact) mass is 286 g/mol. The van der Waals surface area contributed by atoms with Crippen molar-refractivity contribution in [3.05, 3.63) is 36.2 Å². The second-order valence-electron chi connectivity index (χ2n) is 5.74. The van der Waals surface area contributed by atoms with Crippen LogP contribution in [0, 0.1) is 0 Å². The summed E-state index contributed by atoms with van der Waals surface area (Å²) in [5.74, 6) is 0.869. The van der Waals surface area contributed by atoms with E-state index in [1.807, 2.05) is 35.0 Å². The number of aromatic nitrogens is 4. The van der Waals surface area contributed by atoms with Gasteiger partial charge in [0.25, 0.3) is 0 Å². The fraction of sp³-hybridized carbons (Fsp3) is 0.533. The van der Waals surface area contributed by atoms with Gasteiger partial charge in [-0.2, -0.15) is 4.68 Å². The lowest BCUT2D eigenvalue weighted by molar-refractivity contribution is 0.119. The zero-order valence-corrected chi connectivity index (χ0v) is 12.4. The standard InChI is InChI=1S/C15H22N6/c1-12(16)14-9-5-6-10-20(14)11-15-17-18-19-21(15)13-7-3-2-4-8-13/h2-4,7-8,12,14H,5-6,9-11,16H2,1H3. The molecule has 2 N–H and O–H groups in total. The Hall–Kier alpha value is -1.79. The van der Waals surface area contributed by atoms with Gasteiger partial charge in [-0.05, 0) is 48.9 Å². The molecule has 2 atom stereocenters. The number of rotatable bonds is 4. The first kappa shape index (κ1) is 14.2. The number of nitrogens with zero attached hydrogens (tertiary/aromatic N) is 5. The van der Waals surface area contributed by atoms with Gasteiger partial charge in [0.05, 0.1) is 12.2 Å². The lowest BCUT2D eigenvalue weighted by Gasteiger charge is -2.37. The van der Waals surface area contributed by atoms with Gasteiger partial charge in [0.1, 0.15) is 0 Å². The molecular weight excluding hydrogens is 264 g/mol. The highest BCUT2D eigenvalue weighted by molar-refractivity contribution is 5.30. The lowest BCUT2D eigenvalue weighted by Crippen LogP contribution is -2.48. The van der Waals surface area contributed by atoms with E-state index in [9.17, 15) is 0 Å². The Labute approximate surface area is 124 Å². The average molecular weight is 286 g/mol. The van der Waals surface area contributed by atoms with Crippen LogP contribution in [-0.2, 0) is 6.54 Å². The van der Waals surface area contributed by atoms with Crippen LogP contribution in [0.25, 0.3) is 5.69 Å². The molecular formula is C15H22N6. The topological polar surface area (TPSA) is 72.9 Å². The molecule has 0 saturated carbocycles. The minimum Gasteiger partial charge on any atom is -0.327 e. The second kappa shape index (κ2) is 6.32. The van der Waals surface area contributed by atoms with Gasteiger partial charge in [-0.25, -0.2) is 0 Å². The van der Waals surface area contributed by atoms with Crippen LogP contribution in [0.5, 0.6) is 0 Å². The first-order valence-corrected chi connectivity index (χ1v) is 7.58. The minimum absolute atomic E-state index is 0.173. The van der Waals surface area contributed by atoms with E-state index >= 15 is 0 Å². The molecule has 2 unspecified atom stereocenters. The van der Waals surface area contributed by atoms with Gasteiger partial charge < -0.3 is 5.73 Å². The molecule has 1 aromatic carbocycles. The molecule has 1 fully saturated rings. The van der Waals surface area contributed by atoms with E-state index in [0.29, 0.717) is 6.04 Å². The number of piperidine rings is 1. The van der Waals surface area contributed by atoms with Crippen LogP contribution >= 0.6 is 0 Å². The van der Waals surface area contributed by atoms with Crippen molar-refractivity contribution in [1.29, 1.82) is 0 Å². The highest BCUT2D eigenvalue weighted by Gasteiger charge is 2.27. The Morgan fingerprint density at radius 1 is 1.29 bits per heavy atom. The van der Waals surface area contributed by atoms with Gasteiger partial charge in [-0.1, -0.05) is 24.6 Å². The Balaban J connectivity index is 1.80. The summed E-state index contributed by atoms with van der Waals surface area (Å²) in [7, 11) is 0. The fourth-order valence-corrected chi connectivity index (χ4v) is 3.06. The molecule has 0 amide bonds. The third-order valence-electron chi connectivity index (χ3n) is 4.15. The molecule has 0 aliphatic carbocycles. The van der Waals surface area contributed by atoms with Crippen molar-refractivity contribution < 1.29 is 0 Å². The maximum absolute atomic E-state index is 6.14. The highest BCUT2D eigenvalue weighted by Crippen LogP contribution is 2.21. The molecule has 0 spiro atoms. The zero-order chi connectivity index (χ0) is 14.7. The molecule has 21 heavy (non-hydrogen) atoms. The van der Waals surface area contributed by atoms with E-state index in [4.69, 9.17) is 5.73 Å².